The summed E-state index contributed by atoms with van der Waals surface area (Å²) in [5.41, 5.74) is 10.1. The van der Waals surface area contributed by atoms with E-state index in [9.17, 15) is 0 Å². The van der Waals surface area contributed by atoms with Gasteiger partial charge in [0.25, 0.3) is 0 Å². The van der Waals surface area contributed by atoms with E-state index >= 15 is 0 Å². The summed E-state index contributed by atoms with van der Waals surface area (Å²) in [7, 11) is 1.94. The van der Waals surface area contributed by atoms with Gasteiger partial charge in [0.05, 0.1) is 11.4 Å². The van der Waals surface area contributed by atoms with Crippen LogP contribution in [0.3, 0.4) is 0 Å². The van der Waals surface area contributed by atoms with Gasteiger partial charge in [-0.3, -0.25) is 0 Å². The molecular formula is C17H24N2. The number of rotatable bonds is 2. The number of nitrogen functional groups attached to an aromatic ring is 1. The Morgan fingerprint density at radius 3 is 2.11 bits per heavy atom. The molecule has 2 heteroatoms. The van der Waals surface area contributed by atoms with Crippen molar-refractivity contribution in [3.8, 4) is 0 Å². The molecule has 4 bridgehead atoms. The Bertz CT molecular complexity index is 471. The molecule has 102 valence electrons. The summed E-state index contributed by atoms with van der Waals surface area (Å²) in [6.45, 7) is 0. The number of benzene rings is 1. The fourth-order valence-electron chi connectivity index (χ4n) is 5.58. The molecule has 0 spiro atoms. The molecule has 0 heterocycles. The van der Waals surface area contributed by atoms with Crippen LogP contribution in [0, 0.1) is 17.8 Å². The van der Waals surface area contributed by atoms with Gasteiger partial charge in [-0.25, -0.2) is 0 Å². The van der Waals surface area contributed by atoms with E-state index in [2.05, 4.69) is 23.5 Å². The summed E-state index contributed by atoms with van der Waals surface area (Å²) < 4.78 is 0. The highest BCUT2D eigenvalue weighted by molar-refractivity contribution is 5.67. The van der Waals surface area contributed by atoms with Crippen molar-refractivity contribution in [1.82, 2.24) is 0 Å². The van der Waals surface area contributed by atoms with E-state index in [1.165, 1.54) is 44.1 Å². The molecular weight excluding hydrogens is 232 g/mol. The molecule has 5 rings (SSSR count). The number of hydrogen-bond acceptors (Lipinski definition) is 2. The van der Waals surface area contributed by atoms with Gasteiger partial charge in [0.15, 0.2) is 0 Å². The van der Waals surface area contributed by atoms with E-state index in [0.717, 1.165) is 29.1 Å². The van der Waals surface area contributed by atoms with Crippen molar-refractivity contribution in [2.24, 2.45) is 17.8 Å². The van der Waals surface area contributed by atoms with Crippen LogP contribution in [-0.2, 0) is 5.41 Å². The van der Waals surface area contributed by atoms with Crippen LogP contribution in [0.5, 0.6) is 0 Å². The van der Waals surface area contributed by atoms with Crippen LogP contribution in [-0.4, -0.2) is 7.05 Å². The van der Waals surface area contributed by atoms with Gasteiger partial charge in [-0.1, -0.05) is 6.07 Å². The lowest BCUT2D eigenvalue weighted by atomic mass is 9.48. The number of nitrogens with one attached hydrogen (secondary N) is 1. The molecule has 0 aromatic heterocycles. The molecule has 19 heavy (non-hydrogen) atoms. The van der Waals surface area contributed by atoms with Crippen LogP contribution >= 0.6 is 0 Å². The lowest BCUT2D eigenvalue weighted by Crippen LogP contribution is -2.48. The van der Waals surface area contributed by atoms with Crippen molar-refractivity contribution in [2.45, 2.75) is 43.9 Å². The highest BCUT2D eigenvalue weighted by Gasteiger charge is 2.51. The van der Waals surface area contributed by atoms with E-state index in [-0.39, 0.29) is 0 Å². The van der Waals surface area contributed by atoms with Gasteiger partial charge >= 0.3 is 0 Å². The molecule has 0 aliphatic heterocycles. The minimum absolute atomic E-state index is 0.467. The minimum Gasteiger partial charge on any atom is -0.397 e. The Morgan fingerprint density at radius 2 is 1.63 bits per heavy atom. The first-order valence-electron chi connectivity index (χ1n) is 7.76. The predicted molar refractivity (Wildman–Crippen MR) is 80.3 cm³/mol. The Labute approximate surface area is 115 Å². The first kappa shape index (κ1) is 11.6. The zero-order valence-corrected chi connectivity index (χ0v) is 11.8. The predicted octanol–water partition coefficient (Wildman–Crippen LogP) is 3.78. The summed E-state index contributed by atoms with van der Waals surface area (Å²) in [4.78, 5) is 0. The summed E-state index contributed by atoms with van der Waals surface area (Å²) in [6.07, 6.45) is 8.75. The maximum Gasteiger partial charge on any atom is 0.0571 e. The highest BCUT2D eigenvalue weighted by Crippen LogP contribution is 2.60. The Morgan fingerprint density at radius 1 is 1.05 bits per heavy atom. The third-order valence-corrected chi connectivity index (χ3v) is 5.97. The van der Waals surface area contributed by atoms with Gasteiger partial charge in [0.2, 0.25) is 0 Å². The zero-order valence-electron chi connectivity index (χ0n) is 11.8. The summed E-state index contributed by atoms with van der Waals surface area (Å²) in [6, 6.07) is 6.75. The monoisotopic (exact) mass is 256 g/mol. The third-order valence-electron chi connectivity index (χ3n) is 5.97. The van der Waals surface area contributed by atoms with Crippen LogP contribution in [0.4, 0.5) is 11.4 Å². The largest absolute Gasteiger partial charge is 0.397 e. The standard InChI is InChI=1S/C17H24N2/c1-19-16-3-2-14(7-15(16)18)17-8-11-4-12(9-17)6-13(5-11)10-17/h2-3,7,11-13,19H,4-6,8-10,18H2,1H3. The minimum atomic E-state index is 0.467. The maximum absolute atomic E-state index is 6.19. The molecule has 1 aromatic rings. The Hall–Kier alpha value is -1.18. The van der Waals surface area contributed by atoms with Crippen LogP contribution < -0.4 is 11.1 Å². The van der Waals surface area contributed by atoms with Crippen molar-refractivity contribution in [2.75, 3.05) is 18.1 Å². The Balaban J connectivity index is 1.73. The van der Waals surface area contributed by atoms with Gasteiger partial charge < -0.3 is 11.1 Å². The topological polar surface area (TPSA) is 38.0 Å². The average Bonchev–Trinajstić information content (AvgIpc) is 2.37. The lowest BCUT2D eigenvalue weighted by molar-refractivity contribution is -0.00515. The van der Waals surface area contributed by atoms with Gasteiger partial charge in [-0.15, -0.1) is 0 Å². The van der Waals surface area contributed by atoms with Gasteiger partial charge in [-0.05, 0) is 79.4 Å². The molecule has 4 aliphatic carbocycles. The molecule has 4 aliphatic rings. The molecule has 4 saturated carbocycles. The normalized spacial score (nSPS) is 39.5. The fraction of sp³-hybridized carbons (Fsp3) is 0.647. The molecule has 0 atom stereocenters. The molecule has 4 fully saturated rings. The van der Waals surface area contributed by atoms with E-state index in [1.807, 2.05) is 7.05 Å². The number of hydrogen-bond donors (Lipinski definition) is 2. The first-order valence-corrected chi connectivity index (χ1v) is 7.76. The van der Waals surface area contributed by atoms with Gasteiger partial charge in [-0.2, -0.15) is 0 Å². The van der Waals surface area contributed by atoms with Gasteiger partial charge in [0.1, 0.15) is 0 Å². The molecule has 3 N–H and O–H groups in total. The first-order chi connectivity index (χ1) is 9.18. The quantitative estimate of drug-likeness (QED) is 0.790. The second-order valence-electron chi connectivity index (χ2n) is 7.25. The van der Waals surface area contributed by atoms with E-state index < -0.39 is 0 Å². The van der Waals surface area contributed by atoms with Gasteiger partial charge in [0, 0.05) is 7.05 Å². The maximum atomic E-state index is 6.19. The van der Waals surface area contributed by atoms with Crippen molar-refractivity contribution in [3.05, 3.63) is 23.8 Å². The molecule has 1 aromatic carbocycles. The lowest BCUT2D eigenvalue weighted by Gasteiger charge is -2.57. The summed E-state index contributed by atoms with van der Waals surface area (Å²) in [5.74, 6) is 2.99. The summed E-state index contributed by atoms with van der Waals surface area (Å²) >= 11 is 0. The Kier molecular flexibility index (Phi) is 2.39. The molecule has 0 saturated heterocycles. The smallest absolute Gasteiger partial charge is 0.0571 e. The fourth-order valence-corrected chi connectivity index (χ4v) is 5.58. The van der Waals surface area contributed by atoms with Crippen molar-refractivity contribution in [3.63, 3.8) is 0 Å². The van der Waals surface area contributed by atoms with Crippen LogP contribution in [0.1, 0.15) is 44.1 Å². The van der Waals surface area contributed by atoms with E-state index in [1.54, 1.807) is 0 Å². The molecule has 0 unspecified atom stereocenters. The van der Waals surface area contributed by atoms with Crippen LogP contribution in [0.15, 0.2) is 18.2 Å². The second kappa shape index (κ2) is 3.91. The second-order valence-corrected chi connectivity index (χ2v) is 7.25. The average molecular weight is 256 g/mol. The van der Waals surface area contributed by atoms with Crippen LogP contribution in [0.25, 0.3) is 0 Å². The van der Waals surface area contributed by atoms with Crippen molar-refractivity contribution < 1.29 is 0 Å². The van der Waals surface area contributed by atoms with Crippen molar-refractivity contribution in [1.29, 1.82) is 0 Å². The third kappa shape index (κ3) is 1.69. The molecule has 0 amide bonds. The number of anilines is 2. The van der Waals surface area contributed by atoms with Crippen molar-refractivity contribution >= 4 is 11.4 Å². The highest BCUT2D eigenvalue weighted by atomic mass is 14.8. The van der Waals surface area contributed by atoms with E-state index in [4.69, 9.17) is 5.73 Å². The summed E-state index contributed by atoms with van der Waals surface area (Å²) in [5, 5.41) is 3.17. The van der Waals surface area contributed by atoms with E-state index in [0.29, 0.717) is 5.41 Å². The molecule has 0 radical (unpaired) electrons. The van der Waals surface area contributed by atoms with Crippen LogP contribution in [0.2, 0.25) is 0 Å². The number of nitrogens with two attached hydrogens (primary N) is 1. The zero-order chi connectivity index (χ0) is 13.0. The SMILES string of the molecule is CNc1ccc(C23CC4CC(CC(C4)C2)C3)cc1N. The molecule has 2 nitrogen and oxygen atoms in total.